The molecule has 1 rings (SSSR count). The molecule has 1 aliphatic rings. The molecule has 0 aromatic heterocycles. The van der Waals surface area contributed by atoms with Gasteiger partial charge in [-0.05, 0) is 32.6 Å². The summed E-state index contributed by atoms with van der Waals surface area (Å²) in [6.07, 6.45) is 1.12. The molecule has 114 valence electrons. The number of carboxylic acid groups (broad SMARTS) is 1. The summed E-state index contributed by atoms with van der Waals surface area (Å²) < 4.78 is 0. The van der Waals surface area contributed by atoms with Gasteiger partial charge in [-0.3, -0.25) is 14.4 Å². The van der Waals surface area contributed by atoms with E-state index >= 15 is 0 Å². The molecule has 0 bridgehead atoms. The molecule has 2 N–H and O–H groups in total. The number of likely N-dealkylation sites (N-methyl/N-ethyl adjacent to an activating group) is 2. The Morgan fingerprint density at radius 2 is 1.80 bits per heavy atom. The van der Waals surface area contributed by atoms with Crippen LogP contribution in [0.3, 0.4) is 0 Å². The summed E-state index contributed by atoms with van der Waals surface area (Å²) in [5, 5.41) is 11.9. The first-order chi connectivity index (χ1) is 9.40. The molecule has 1 saturated carbocycles. The average Bonchev–Trinajstić information content (AvgIpc) is 2.78. The van der Waals surface area contributed by atoms with Gasteiger partial charge in [-0.2, -0.15) is 0 Å². The number of nitrogens with zero attached hydrogens (tertiary/aromatic N) is 1. The van der Waals surface area contributed by atoms with Gasteiger partial charge in [-0.25, -0.2) is 0 Å². The lowest BCUT2D eigenvalue weighted by molar-refractivity contribution is -0.149. The molecule has 0 heterocycles. The van der Waals surface area contributed by atoms with Crippen molar-refractivity contribution in [1.29, 1.82) is 0 Å². The number of nitrogens with one attached hydrogen (secondary N) is 1. The maximum absolute atomic E-state index is 12.5. The second kappa shape index (κ2) is 7.26. The van der Waals surface area contributed by atoms with Crippen LogP contribution in [0.25, 0.3) is 0 Å². The van der Waals surface area contributed by atoms with E-state index in [1.165, 1.54) is 4.90 Å². The van der Waals surface area contributed by atoms with E-state index in [4.69, 9.17) is 0 Å². The molecule has 20 heavy (non-hydrogen) atoms. The third kappa shape index (κ3) is 3.95. The number of amides is 2. The second-order valence-corrected chi connectivity index (χ2v) is 5.43. The van der Waals surface area contributed by atoms with Gasteiger partial charge in [0.05, 0.1) is 18.4 Å². The van der Waals surface area contributed by atoms with Gasteiger partial charge in [0, 0.05) is 13.1 Å². The average molecular weight is 284 g/mol. The Labute approximate surface area is 119 Å². The van der Waals surface area contributed by atoms with Crippen LogP contribution in [-0.2, 0) is 14.4 Å². The quantitative estimate of drug-likeness (QED) is 0.752. The van der Waals surface area contributed by atoms with Gasteiger partial charge in [0.25, 0.3) is 0 Å². The van der Waals surface area contributed by atoms with E-state index in [1.54, 1.807) is 6.92 Å². The van der Waals surface area contributed by atoms with Crippen LogP contribution in [0.5, 0.6) is 0 Å². The third-order valence-corrected chi connectivity index (χ3v) is 3.83. The van der Waals surface area contributed by atoms with Crippen LogP contribution in [0.2, 0.25) is 0 Å². The molecule has 3 atom stereocenters. The lowest BCUT2D eigenvalue weighted by atomic mass is 9.94. The van der Waals surface area contributed by atoms with E-state index in [1.807, 2.05) is 13.8 Å². The molecule has 6 heteroatoms. The summed E-state index contributed by atoms with van der Waals surface area (Å²) in [7, 11) is 0. The van der Waals surface area contributed by atoms with Gasteiger partial charge in [0.15, 0.2) is 0 Å². The minimum Gasteiger partial charge on any atom is -0.481 e. The molecule has 0 aromatic rings. The summed E-state index contributed by atoms with van der Waals surface area (Å²) >= 11 is 0. The van der Waals surface area contributed by atoms with E-state index in [-0.39, 0.29) is 24.3 Å². The van der Waals surface area contributed by atoms with Gasteiger partial charge in [0.1, 0.15) is 0 Å². The number of carbonyl (C=O) groups is 3. The topological polar surface area (TPSA) is 86.7 Å². The van der Waals surface area contributed by atoms with Gasteiger partial charge >= 0.3 is 5.97 Å². The van der Waals surface area contributed by atoms with Crippen LogP contribution in [0.15, 0.2) is 0 Å². The maximum Gasteiger partial charge on any atom is 0.307 e. The standard InChI is InChI=1S/C14H24N2O4/c1-4-15-12(17)8-16(5-2)13(18)10-6-9(3)7-11(10)14(19)20/h9-11H,4-8H2,1-3H3,(H,15,17)(H,19,20). The van der Waals surface area contributed by atoms with Crippen molar-refractivity contribution in [2.24, 2.45) is 17.8 Å². The minimum absolute atomic E-state index is 0.000390. The fourth-order valence-corrected chi connectivity index (χ4v) is 2.84. The Morgan fingerprint density at radius 1 is 1.20 bits per heavy atom. The summed E-state index contributed by atoms with van der Waals surface area (Å²) in [6, 6.07) is 0. The normalized spacial score (nSPS) is 25.2. The highest BCUT2D eigenvalue weighted by Gasteiger charge is 2.42. The fourth-order valence-electron chi connectivity index (χ4n) is 2.84. The van der Waals surface area contributed by atoms with Crippen LogP contribution >= 0.6 is 0 Å². The molecule has 0 spiro atoms. The van der Waals surface area contributed by atoms with E-state index in [2.05, 4.69) is 5.32 Å². The van der Waals surface area contributed by atoms with Crippen molar-refractivity contribution in [3.63, 3.8) is 0 Å². The first kappa shape index (κ1) is 16.5. The Morgan fingerprint density at radius 3 is 2.30 bits per heavy atom. The molecular weight excluding hydrogens is 260 g/mol. The van der Waals surface area contributed by atoms with Crippen LogP contribution < -0.4 is 5.32 Å². The smallest absolute Gasteiger partial charge is 0.307 e. The zero-order valence-electron chi connectivity index (χ0n) is 12.4. The minimum atomic E-state index is -0.915. The highest BCUT2D eigenvalue weighted by Crippen LogP contribution is 2.37. The predicted octanol–water partition coefficient (Wildman–Crippen LogP) is 0.718. The molecule has 1 aliphatic carbocycles. The summed E-state index contributed by atoms with van der Waals surface area (Å²) in [4.78, 5) is 36.7. The molecule has 3 unspecified atom stereocenters. The van der Waals surface area contributed by atoms with Crippen molar-refractivity contribution in [3.8, 4) is 0 Å². The van der Waals surface area contributed by atoms with Crippen LogP contribution in [0.1, 0.15) is 33.6 Å². The highest BCUT2D eigenvalue weighted by molar-refractivity contribution is 5.89. The Hall–Kier alpha value is -1.59. The zero-order valence-corrected chi connectivity index (χ0v) is 12.4. The Balaban J connectivity index is 2.74. The third-order valence-electron chi connectivity index (χ3n) is 3.83. The number of hydrogen-bond donors (Lipinski definition) is 2. The summed E-state index contributed by atoms with van der Waals surface area (Å²) in [6.45, 7) is 6.50. The van der Waals surface area contributed by atoms with Gasteiger partial charge in [0.2, 0.25) is 11.8 Å². The number of carboxylic acids is 1. The lowest BCUT2D eigenvalue weighted by Gasteiger charge is -2.25. The summed E-state index contributed by atoms with van der Waals surface area (Å²) in [5.74, 6) is -2.23. The van der Waals surface area contributed by atoms with E-state index in [0.29, 0.717) is 25.9 Å². The molecular formula is C14H24N2O4. The van der Waals surface area contributed by atoms with Crippen molar-refractivity contribution in [2.75, 3.05) is 19.6 Å². The predicted molar refractivity (Wildman–Crippen MR) is 74.0 cm³/mol. The van der Waals surface area contributed by atoms with E-state index in [9.17, 15) is 19.5 Å². The molecule has 0 aromatic carbocycles. The van der Waals surface area contributed by atoms with E-state index < -0.39 is 17.8 Å². The van der Waals surface area contributed by atoms with Crippen LogP contribution in [-0.4, -0.2) is 47.4 Å². The molecule has 0 saturated heterocycles. The molecule has 2 amide bonds. The van der Waals surface area contributed by atoms with Crippen molar-refractivity contribution < 1.29 is 19.5 Å². The maximum atomic E-state index is 12.5. The van der Waals surface area contributed by atoms with Gasteiger partial charge in [-0.1, -0.05) is 6.92 Å². The molecule has 6 nitrogen and oxygen atoms in total. The SMILES string of the molecule is CCNC(=O)CN(CC)C(=O)C1CC(C)CC1C(=O)O. The number of rotatable bonds is 6. The molecule has 0 radical (unpaired) electrons. The van der Waals surface area contributed by atoms with E-state index in [0.717, 1.165) is 0 Å². The fraction of sp³-hybridized carbons (Fsp3) is 0.786. The van der Waals surface area contributed by atoms with Crippen LogP contribution in [0, 0.1) is 17.8 Å². The number of hydrogen-bond acceptors (Lipinski definition) is 3. The Kier molecular flexibility index (Phi) is 5.98. The Bertz CT molecular complexity index is 383. The number of carbonyl (C=O) groups excluding carboxylic acids is 2. The lowest BCUT2D eigenvalue weighted by Crippen LogP contribution is -2.44. The van der Waals surface area contributed by atoms with Gasteiger partial charge in [-0.15, -0.1) is 0 Å². The van der Waals surface area contributed by atoms with Gasteiger partial charge < -0.3 is 15.3 Å². The van der Waals surface area contributed by atoms with Crippen molar-refractivity contribution in [3.05, 3.63) is 0 Å². The molecule has 0 aliphatic heterocycles. The first-order valence-electron chi connectivity index (χ1n) is 7.18. The second-order valence-electron chi connectivity index (χ2n) is 5.43. The van der Waals surface area contributed by atoms with Crippen LogP contribution in [0.4, 0.5) is 0 Å². The van der Waals surface area contributed by atoms with Crippen molar-refractivity contribution in [1.82, 2.24) is 10.2 Å². The molecule has 1 fully saturated rings. The first-order valence-corrected chi connectivity index (χ1v) is 7.18. The largest absolute Gasteiger partial charge is 0.481 e. The van der Waals surface area contributed by atoms with Crippen molar-refractivity contribution in [2.45, 2.75) is 33.6 Å². The zero-order chi connectivity index (χ0) is 15.3. The monoisotopic (exact) mass is 284 g/mol. The summed E-state index contributed by atoms with van der Waals surface area (Å²) in [5.41, 5.74) is 0. The number of aliphatic carboxylic acids is 1. The van der Waals surface area contributed by atoms with Crippen molar-refractivity contribution >= 4 is 17.8 Å². The highest BCUT2D eigenvalue weighted by atomic mass is 16.4.